The molecule has 3 unspecified atom stereocenters. The highest BCUT2D eigenvalue weighted by Gasteiger charge is 2.37. The van der Waals surface area contributed by atoms with Gasteiger partial charge in [-0.05, 0) is 25.9 Å². The van der Waals surface area contributed by atoms with Gasteiger partial charge in [0.25, 0.3) is 0 Å². The third-order valence-electron chi connectivity index (χ3n) is 4.17. The van der Waals surface area contributed by atoms with Gasteiger partial charge in [0.1, 0.15) is 0 Å². The minimum Gasteiger partial charge on any atom is -0.350 e. The van der Waals surface area contributed by atoms with Gasteiger partial charge in [0.05, 0.1) is 29.5 Å². The Hall–Kier alpha value is -0.370. The molecule has 122 valence electrons. The SMILES string of the molecule is CCN(CC(=O)NC1CS(=O)(=O)CC1Cl)C1CCCNC1. The molecule has 2 aliphatic rings. The zero-order valence-corrected chi connectivity index (χ0v) is 13.9. The lowest BCUT2D eigenvalue weighted by molar-refractivity contribution is -0.123. The number of likely N-dealkylation sites (N-methyl/N-ethyl adjacent to an activating group) is 1. The van der Waals surface area contributed by atoms with Crippen molar-refractivity contribution in [1.29, 1.82) is 0 Å². The van der Waals surface area contributed by atoms with Crippen molar-refractivity contribution in [1.82, 2.24) is 15.5 Å². The van der Waals surface area contributed by atoms with Gasteiger partial charge in [-0.2, -0.15) is 0 Å². The number of hydrogen-bond acceptors (Lipinski definition) is 5. The molecule has 3 atom stereocenters. The van der Waals surface area contributed by atoms with Gasteiger partial charge in [-0.25, -0.2) is 8.42 Å². The topological polar surface area (TPSA) is 78.5 Å². The molecule has 0 saturated carbocycles. The molecule has 0 aromatic carbocycles. The minimum atomic E-state index is -3.12. The molecular formula is C13H24ClN3O3S. The molecule has 0 aromatic rings. The number of piperidine rings is 1. The first-order chi connectivity index (χ1) is 9.91. The molecule has 2 aliphatic heterocycles. The minimum absolute atomic E-state index is 0.0516. The molecule has 0 spiro atoms. The fourth-order valence-corrected chi connectivity index (χ4v) is 5.57. The summed E-state index contributed by atoms with van der Waals surface area (Å²) in [4.78, 5) is 14.3. The first-order valence-corrected chi connectivity index (χ1v) is 9.75. The smallest absolute Gasteiger partial charge is 0.234 e. The maximum atomic E-state index is 12.1. The fraction of sp³-hybridized carbons (Fsp3) is 0.923. The predicted molar refractivity (Wildman–Crippen MR) is 83.4 cm³/mol. The maximum absolute atomic E-state index is 12.1. The van der Waals surface area contributed by atoms with Crippen LogP contribution in [0.2, 0.25) is 0 Å². The summed E-state index contributed by atoms with van der Waals surface area (Å²) in [5.74, 6) is -0.247. The summed E-state index contributed by atoms with van der Waals surface area (Å²) in [6.07, 6.45) is 2.21. The molecule has 6 nitrogen and oxygen atoms in total. The third kappa shape index (κ3) is 4.81. The number of nitrogens with zero attached hydrogens (tertiary/aromatic N) is 1. The zero-order valence-electron chi connectivity index (χ0n) is 12.3. The summed E-state index contributed by atoms with van der Waals surface area (Å²) < 4.78 is 23.0. The standard InChI is InChI=1S/C13H24ClN3O3S/c1-2-17(10-4-3-5-15-6-10)7-13(18)16-12-9-21(19,20)8-11(12)14/h10-12,15H,2-9H2,1H3,(H,16,18). The predicted octanol–water partition coefficient (Wildman–Crippen LogP) is -0.419. The van der Waals surface area contributed by atoms with Gasteiger partial charge in [0, 0.05) is 12.6 Å². The highest BCUT2D eigenvalue weighted by Crippen LogP contribution is 2.18. The average molecular weight is 338 g/mol. The number of carbonyl (C=O) groups is 1. The van der Waals surface area contributed by atoms with Crippen LogP contribution in [0.1, 0.15) is 19.8 Å². The second-order valence-electron chi connectivity index (χ2n) is 5.83. The molecule has 0 bridgehead atoms. The van der Waals surface area contributed by atoms with Crippen LogP contribution in [0.3, 0.4) is 0 Å². The van der Waals surface area contributed by atoms with Crippen LogP contribution in [0.4, 0.5) is 0 Å². The molecule has 21 heavy (non-hydrogen) atoms. The van der Waals surface area contributed by atoms with Gasteiger partial charge in [0.15, 0.2) is 9.84 Å². The number of hydrogen-bond donors (Lipinski definition) is 2. The van der Waals surface area contributed by atoms with Gasteiger partial charge in [0.2, 0.25) is 5.91 Å². The summed E-state index contributed by atoms with van der Waals surface area (Å²) in [7, 11) is -3.12. The molecule has 1 amide bonds. The van der Waals surface area contributed by atoms with Crippen molar-refractivity contribution in [2.75, 3.05) is 37.7 Å². The normalized spacial score (nSPS) is 32.2. The largest absolute Gasteiger partial charge is 0.350 e. The number of rotatable bonds is 5. The summed E-state index contributed by atoms with van der Waals surface area (Å²) in [6.45, 7) is 5.06. The molecule has 8 heteroatoms. The Bertz CT molecular complexity index is 465. The first-order valence-electron chi connectivity index (χ1n) is 7.50. The quantitative estimate of drug-likeness (QED) is 0.666. The van der Waals surface area contributed by atoms with Crippen molar-refractivity contribution in [3.8, 4) is 0 Å². The number of sulfone groups is 1. The highest BCUT2D eigenvalue weighted by molar-refractivity contribution is 7.91. The van der Waals surface area contributed by atoms with E-state index in [1.54, 1.807) is 0 Å². The van der Waals surface area contributed by atoms with Crippen LogP contribution in [0.15, 0.2) is 0 Å². The van der Waals surface area contributed by atoms with Gasteiger partial charge < -0.3 is 10.6 Å². The van der Waals surface area contributed by atoms with Crippen molar-refractivity contribution in [3.63, 3.8) is 0 Å². The van der Waals surface area contributed by atoms with Crippen LogP contribution >= 0.6 is 11.6 Å². The first kappa shape index (κ1) is 17.0. The summed E-state index contributed by atoms with van der Waals surface area (Å²) >= 11 is 6.01. The van der Waals surface area contributed by atoms with Crippen molar-refractivity contribution < 1.29 is 13.2 Å². The van der Waals surface area contributed by atoms with Gasteiger partial charge >= 0.3 is 0 Å². The van der Waals surface area contributed by atoms with E-state index < -0.39 is 21.3 Å². The zero-order chi connectivity index (χ0) is 15.5. The van der Waals surface area contributed by atoms with Crippen LogP contribution in [0.25, 0.3) is 0 Å². The van der Waals surface area contributed by atoms with Crippen molar-refractivity contribution in [2.45, 2.75) is 37.2 Å². The lowest BCUT2D eigenvalue weighted by atomic mass is 10.1. The Morgan fingerprint density at radius 1 is 1.43 bits per heavy atom. The van der Waals surface area contributed by atoms with Crippen LogP contribution in [-0.2, 0) is 14.6 Å². The Balaban J connectivity index is 1.85. The van der Waals surface area contributed by atoms with E-state index in [0.29, 0.717) is 12.6 Å². The van der Waals surface area contributed by atoms with Gasteiger partial charge in [-0.3, -0.25) is 9.69 Å². The molecule has 2 fully saturated rings. The Labute approximate surface area is 131 Å². The molecule has 0 radical (unpaired) electrons. The number of amides is 1. The van der Waals surface area contributed by atoms with Crippen LogP contribution in [0.5, 0.6) is 0 Å². The molecular weight excluding hydrogens is 314 g/mol. The second-order valence-corrected chi connectivity index (χ2v) is 8.54. The van der Waals surface area contributed by atoms with E-state index >= 15 is 0 Å². The number of alkyl halides is 1. The van der Waals surface area contributed by atoms with E-state index in [1.807, 2.05) is 6.92 Å². The number of halogens is 1. The summed E-state index contributed by atoms with van der Waals surface area (Å²) in [6, 6.07) is -0.0963. The Kier molecular flexibility index (Phi) is 5.88. The van der Waals surface area contributed by atoms with E-state index in [9.17, 15) is 13.2 Å². The maximum Gasteiger partial charge on any atom is 0.234 e. The Morgan fingerprint density at radius 2 is 2.19 bits per heavy atom. The summed E-state index contributed by atoms with van der Waals surface area (Å²) in [5.41, 5.74) is 0. The van der Waals surface area contributed by atoms with E-state index in [2.05, 4.69) is 15.5 Å². The molecule has 2 saturated heterocycles. The molecule has 0 aliphatic carbocycles. The van der Waals surface area contributed by atoms with Crippen molar-refractivity contribution in [3.05, 3.63) is 0 Å². The molecule has 2 heterocycles. The fourth-order valence-electron chi connectivity index (χ4n) is 3.02. The van der Waals surface area contributed by atoms with Crippen molar-refractivity contribution in [2.24, 2.45) is 0 Å². The van der Waals surface area contributed by atoms with E-state index in [4.69, 9.17) is 11.6 Å². The van der Waals surface area contributed by atoms with Crippen LogP contribution in [-0.4, -0.2) is 74.4 Å². The van der Waals surface area contributed by atoms with E-state index in [-0.39, 0.29) is 17.4 Å². The van der Waals surface area contributed by atoms with Crippen LogP contribution < -0.4 is 10.6 Å². The average Bonchev–Trinajstić information content (AvgIpc) is 2.69. The van der Waals surface area contributed by atoms with E-state index in [0.717, 1.165) is 32.5 Å². The second kappa shape index (κ2) is 7.26. The van der Waals surface area contributed by atoms with E-state index in [1.165, 1.54) is 0 Å². The Morgan fingerprint density at radius 3 is 2.71 bits per heavy atom. The monoisotopic (exact) mass is 337 g/mol. The number of nitrogens with one attached hydrogen (secondary N) is 2. The summed E-state index contributed by atoms with van der Waals surface area (Å²) in [5, 5.41) is 5.59. The molecule has 2 N–H and O–H groups in total. The number of carbonyl (C=O) groups excluding carboxylic acids is 1. The van der Waals surface area contributed by atoms with Gasteiger partial charge in [-0.15, -0.1) is 11.6 Å². The lowest BCUT2D eigenvalue weighted by Gasteiger charge is -2.33. The molecule has 2 rings (SSSR count). The third-order valence-corrected chi connectivity index (χ3v) is 6.55. The van der Waals surface area contributed by atoms with Crippen molar-refractivity contribution >= 4 is 27.3 Å². The highest BCUT2D eigenvalue weighted by atomic mass is 35.5. The molecule has 0 aromatic heterocycles. The van der Waals surface area contributed by atoms with Crippen LogP contribution in [0, 0.1) is 0 Å². The van der Waals surface area contributed by atoms with Gasteiger partial charge in [-0.1, -0.05) is 6.92 Å². The lowest BCUT2D eigenvalue weighted by Crippen LogP contribution is -2.51.